The van der Waals surface area contributed by atoms with Crippen LogP contribution in [0.15, 0.2) is 66.7 Å². The average molecular weight is 525 g/mol. The van der Waals surface area contributed by atoms with Gasteiger partial charge < -0.3 is 15.0 Å². The highest BCUT2D eigenvalue weighted by Gasteiger charge is 2.39. The first-order chi connectivity index (χ1) is 19.0. The maximum atomic E-state index is 14.5. The van der Waals surface area contributed by atoms with Gasteiger partial charge in [0.05, 0.1) is 17.3 Å². The van der Waals surface area contributed by atoms with Crippen molar-refractivity contribution in [2.45, 2.75) is 62.8 Å². The molecule has 3 aromatic carbocycles. The van der Waals surface area contributed by atoms with Crippen molar-refractivity contribution in [2.24, 2.45) is 5.92 Å². The van der Waals surface area contributed by atoms with Gasteiger partial charge in [-0.05, 0) is 100 Å². The number of ether oxygens (including phenoxy) is 1. The molecule has 3 fully saturated rings. The summed E-state index contributed by atoms with van der Waals surface area (Å²) in [5.41, 5.74) is 3.68. The first kappa shape index (κ1) is 24.3. The lowest BCUT2D eigenvalue weighted by molar-refractivity contribution is 0.0662. The summed E-state index contributed by atoms with van der Waals surface area (Å²) in [7, 11) is 2.24. The summed E-state index contributed by atoms with van der Waals surface area (Å²) in [5, 5.41) is 11.6. The van der Waals surface area contributed by atoms with Crippen LogP contribution in [0, 0.1) is 11.7 Å². The van der Waals surface area contributed by atoms with Gasteiger partial charge in [-0.15, -0.1) is 0 Å². The van der Waals surface area contributed by atoms with Crippen molar-refractivity contribution >= 4 is 16.8 Å². The van der Waals surface area contributed by atoms with Gasteiger partial charge in [0.15, 0.2) is 0 Å². The van der Waals surface area contributed by atoms with Crippen LogP contribution >= 0.6 is 0 Å². The first-order valence-corrected chi connectivity index (χ1v) is 14.1. The van der Waals surface area contributed by atoms with E-state index in [0.29, 0.717) is 23.2 Å². The van der Waals surface area contributed by atoms with E-state index in [1.165, 1.54) is 18.9 Å². The molecule has 4 atom stereocenters. The van der Waals surface area contributed by atoms with E-state index in [0.717, 1.165) is 53.6 Å². The van der Waals surface area contributed by atoms with E-state index < -0.39 is 0 Å². The lowest BCUT2D eigenvalue weighted by Crippen LogP contribution is -2.43. The highest BCUT2D eigenvalue weighted by atomic mass is 19.1. The van der Waals surface area contributed by atoms with Crippen LogP contribution < -0.4 is 10.1 Å². The second-order valence-corrected chi connectivity index (χ2v) is 11.4. The number of fused-ring (bicyclic) bond motifs is 3. The molecule has 3 heterocycles. The zero-order valence-corrected chi connectivity index (χ0v) is 22.1. The summed E-state index contributed by atoms with van der Waals surface area (Å²) >= 11 is 0. The van der Waals surface area contributed by atoms with E-state index in [1.54, 1.807) is 18.2 Å². The molecule has 1 saturated carbocycles. The number of hydrogen-bond donors (Lipinski definition) is 2. The van der Waals surface area contributed by atoms with Crippen LogP contribution in [0.2, 0.25) is 0 Å². The summed E-state index contributed by atoms with van der Waals surface area (Å²) in [6, 6.07) is 21.3. The molecule has 2 bridgehead atoms. The Morgan fingerprint density at radius 1 is 1.03 bits per heavy atom. The lowest BCUT2D eigenvalue weighted by Gasteiger charge is -2.36. The Hall–Kier alpha value is -3.71. The summed E-state index contributed by atoms with van der Waals surface area (Å²) in [6.07, 6.45) is 6.96. The Morgan fingerprint density at radius 3 is 2.49 bits per heavy atom. The number of piperidine rings is 1. The van der Waals surface area contributed by atoms with Crippen LogP contribution in [0.3, 0.4) is 0 Å². The number of rotatable bonds is 7. The molecule has 1 unspecified atom stereocenters. The number of carbonyl (C=O) groups excluding carboxylic acids is 1. The minimum atomic E-state index is -0.328. The molecule has 0 radical (unpaired) electrons. The van der Waals surface area contributed by atoms with E-state index in [1.807, 2.05) is 42.5 Å². The van der Waals surface area contributed by atoms with Crippen LogP contribution in [0.25, 0.3) is 22.2 Å². The van der Waals surface area contributed by atoms with Gasteiger partial charge in [0.1, 0.15) is 17.7 Å². The summed E-state index contributed by atoms with van der Waals surface area (Å²) in [5.74, 6) is 0.661. The minimum absolute atomic E-state index is 0.208. The maximum Gasteiger partial charge on any atom is 0.251 e. The van der Waals surface area contributed by atoms with Crippen molar-refractivity contribution < 1.29 is 13.9 Å². The molecule has 1 aromatic heterocycles. The smallest absolute Gasteiger partial charge is 0.251 e. The van der Waals surface area contributed by atoms with Crippen molar-refractivity contribution in [2.75, 3.05) is 7.05 Å². The van der Waals surface area contributed by atoms with Crippen LogP contribution in [0.1, 0.15) is 60.5 Å². The second-order valence-electron chi connectivity index (χ2n) is 11.4. The van der Waals surface area contributed by atoms with E-state index in [4.69, 9.17) is 4.74 Å². The number of benzene rings is 3. The normalized spacial score (nSPS) is 23.6. The van der Waals surface area contributed by atoms with Gasteiger partial charge >= 0.3 is 0 Å². The molecular formula is C32H33FN4O2. The Kier molecular flexibility index (Phi) is 6.11. The van der Waals surface area contributed by atoms with Crippen molar-refractivity contribution in [3.63, 3.8) is 0 Å². The fraction of sp³-hybridized carbons (Fsp3) is 0.375. The Morgan fingerprint density at radius 2 is 1.77 bits per heavy atom. The predicted octanol–water partition coefficient (Wildman–Crippen LogP) is 6.25. The van der Waals surface area contributed by atoms with E-state index >= 15 is 0 Å². The molecule has 1 amide bonds. The van der Waals surface area contributed by atoms with Gasteiger partial charge in [-0.3, -0.25) is 9.89 Å². The summed E-state index contributed by atoms with van der Waals surface area (Å²) in [4.78, 5) is 15.8. The molecule has 4 aromatic rings. The molecule has 200 valence electrons. The van der Waals surface area contributed by atoms with Crippen molar-refractivity contribution in [3.05, 3.63) is 83.7 Å². The van der Waals surface area contributed by atoms with Gasteiger partial charge in [0.25, 0.3) is 5.91 Å². The molecule has 39 heavy (non-hydrogen) atoms. The summed E-state index contributed by atoms with van der Waals surface area (Å²) < 4.78 is 20.9. The fourth-order valence-corrected chi connectivity index (χ4v) is 6.55. The number of aromatic amines is 1. The molecular weight excluding hydrogens is 491 g/mol. The largest absolute Gasteiger partial charge is 0.490 e. The number of nitrogens with one attached hydrogen (secondary N) is 2. The van der Waals surface area contributed by atoms with Crippen molar-refractivity contribution in [1.29, 1.82) is 0 Å². The Balaban J connectivity index is 1.09. The Bertz CT molecular complexity index is 1500. The minimum Gasteiger partial charge on any atom is -0.490 e. The number of nitrogens with zero attached hydrogens (tertiary/aromatic N) is 2. The zero-order valence-electron chi connectivity index (χ0n) is 22.1. The topological polar surface area (TPSA) is 70.2 Å². The summed E-state index contributed by atoms with van der Waals surface area (Å²) in [6.45, 7) is 0. The van der Waals surface area contributed by atoms with Gasteiger partial charge in [0, 0.05) is 34.2 Å². The van der Waals surface area contributed by atoms with Crippen LogP contribution in [-0.2, 0) is 0 Å². The monoisotopic (exact) mass is 524 g/mol. The average Bonchev–Trinajstić information content (AvgIpc) is 3.67. The van der Waals surface area contributed by atoms with E-state index in [2.05, 4.69) is 27.5 Å². The number of halogens is 1. The fourth-order valence-electron chi connectivity index (χ4n) is 6.55. The molecule has 2 N–H and O–H groups in total. The molecule has 7 rings (SSSR count). The molecule has 2 saturated heterocycles. The highest BCUT2D eigenvalue weighted by Crippen LogP contribution is 2.42. The van der Waals surface area contributed by atoms with Gasteiger partial charge in [-0.2, -0.15) is 5.10 Å². The third-order valence-corrected chi connectivity index (χ3v) is 8.93. The number of amides is 1. The molecule has 6 nitrogen and oxygen atoms in total. The van der Waals surface area contributed by atoms with E-state index in [9.17, 15) is 9.18 Å². The van der Waals surface area contributed by atoms with Gasteiger partial charge in [0.2, 0.25) is 0 Å². The molecule has 0 spiro atoms. The molecule has 1 aliphatic carbocycles. The standard InChI is InChI=1S/C32H33FN4O2/c1-37-22-11-12-23(37)18-25(17-22)39-24-13-8-20(9-14-24)31-27-16-21(10-15-29(27)35-36-31)32(38)34-30(19-6-7-19)26-4-2-3-5-28(26)33/h2-5,8-10,13-16,19,22-23,25,30H,6-7,11-12,17-18H2,1H3,(H,34,38)(H,35,36)/t22-,23+,25-,30?. The zero-order chi connectivity index (χ0) is 26.5. The number of aromatic nitrogens is 2. The third kappa shape index (κ3) is 4.69. The predicted molar refractivity (Wildman–Crippen MR) is 149 cm³/mol. The lowest BCUT2D eigenvalue weighted by atomic mass is 10.00. The van der Waals surface area contributed by atoms with Crippen LogP contribution in [-0.4, -0.2) is 46.2 Å². The molecule has 2 aliphatic heterocycles. The van der Waals surface area contributed by atoms with Crippen molar-refractivity contribution in [3.8, 4) is 17.0 Å². The van der Waals surface area contributed by atoms with E-state index in [-0.39, 0.29) is 29.8 Å². The van der Waals surface area contributed by atoms with Gasteiger partial charge in [-0.25, -0.2) is 4.39 Å². The number of carbonyl (C=O) groups is 1. The highest BCUT2D eigenvalue weighted by molar-refractivity contribution is 6.01. The van der Waals surface area contributed by atoms with Crippen LogP contribution in [0.4, 0.5) is 4.39 Å². The molecule has 7 heteroatoms. The second kappa shape index (κ2) is 9.79. The maximum absolute atomic E-state index is 14.5. The number of hydrogen-bond acceptors (Lipinski definition) is 4. The Labute approximate surface area is 227 Å². The number of H-pyrrole nitrogens is 1. The van der Waals surface area contributed by atoms with Crippen LogP contribution in [0.5, 0.6) is 5.75 Å². The van der Waals surface area contributed by atoms with Gasteiger partial charge in [-0.1, -0.05) is 18.2 Å². The molecule has 3 aliphatic rings. The van der Waals surface area contributed by atoms with Crippen molar-refractivity contribution in [1.82, 2.24) is 20.4 Å². The SMILES string of the molecule is CN1[C@@H]2CC[C@H]1C[C@H](Oc1ccc(-c3n[nH]c4ccc(C(=O)NC(c5ccccc5F)C5CC5)cc34)cc1)C2. The quantitative estimate of drug-likeness (QED) is 0.300. The first-order valence-electron chi connectivity index (χ1n) is 14.1. The third-order valence-electron chi connectivity index (χ3n) is 8.93.